The Morgan fingerprint density at radius 2 is 2.33 bits per heavy atom. The molecule has 1 unspecified atom stereocenters. The highest BCUT2D eigenvalue weighted by molar-refractivity contribution is 5.61. The number of carbonyl (C=O) groups excluding carboxylic acids is 1. The van der Waals surface area contributed by atoms with Gasteiger partial charge in [-0.05, 0) is 24.1 Å². The van der Waals surface area contributed by atoms with Crippen LogP contribution in [0, 0.1) is 5.82 Å². The van der Waals surface area contributed by atoms with Crippen LogP contribution in [0.2, 0.25) is 0 Å². The molecule has 0 aromatic heterocycles. The molecule has 0 amide bonds. The molecule has 0 heterocycles. The van der Waals surface area contributed by atoms with E-state index < -0.39 is 0 Å². The summed E-state index contributed by atoms with van der Waals surface area (Å²) in [6, 6.07) is 6.17. The molecule has 0 radical (unpaired) electrons. The average molecular weight is 166 g/mol. The fraction of sp³-hybridized carbons (Fsp3) is 0.300. The van der Waals surface area contributed by atoms with E-state index in [-0.39, 0.29) is 11.7 Å². The number of hydrogen-bond donors (Lipinski definition) is 0. The lowest BCUT2D eigenvalue weighted by Crippen LogP contribution is -1.98. The minimum atomic E-state index is -0.284. The normalized spacial score (nSPS) is 12.5. The Kier molecular flexibility index (Phi) is 2.97. The van der Waals surface area contributed by atoms with Crippen molar-refractivity contribution in [2.75, 3.05) is 0 Å². The van der Waals surface area contributed by atoms with E-state index >= 15 is 0 Å². The van der Waals surface area contributed by atoms with E-state index in [9.17, 15) is 9.18 Å². The van der Waals surface area contributed by atoms with Gasteiger partial charge >= 0.3 is 0 Å². The van der Waals surface area contributed by atoms with E-state index in [0.717, 1.165) is 11.8 Å². The molecule has 0 aliphatic heterocycles. The van der Waals surface area contributed by atoms with E-state index in [1.807, 2.05) is 6.92 Å². The second-order valence-electron chi connectivity index (χ2n) is 2.71. The van der Waals surface area contributed by atoms with Crippen molar-refractivity contribution in [3.8, 4) is 0 Å². The van der Waals surface area contributed by atoms with Crippen molar-refractivity contribution in [3.05, 3.63) is 35.6 Å². The lowest BCUT2D eigenvalue weighted by Gasteiger charge is -2.06. The summed E-state index contributed by atoms with van der Waals surface area (Å²) in [4.78, 5) is 10.5. The first-order valence-corrected chi connectivity index (χ1v) is 3.98. The SMILES string of the molecule is CCC(C=O)c1cccc(F)c1. The van der Waals surface area contributed by atoms with Crippen molar-refractivity contribution < 1.29 is 9.18 Å². The van der Waals surface area contributed by atoms with E-state index in [1.54, 1.807) is 12.1 Å². The second kappa shape index (κ2) is 4.00. The second-order valence-corrected chi connectivity index (χ2v) is 2.71. The predicted octanol–water partition coefficient (Wildman–Crippen LogP) is 2.52. The molecule has 0 fully saturated rings. The van der Waals surface area contributed by atoms with E-state index in [4.69, 9.17) is 0 Å². The van der Waals surface area contributed by atoms with E-state index in [2.05, 4.69) is 0 Å². The maximum Gasteiger partial charge on any atom is 0.127 e. The minimum Gasteiger partial charge on any atom is -0.303 e. The third-order valence-electron chi connectivity index (χ3n) is 1.88. The average Bonchev–Trinajstić information content (AvgIpc) is 2.07. The first-order valence-electron chi connectivity index (χ1n) is 3.98. The fourth-order valence-electron chi connectivity index (χ4n) is 1.15. The van der Waals surface area contributed by atoms with Crippen molar-refractivity contribution >= 4 is 6.29 Å². The van der Waals surface area contributed by atoms with Gasteiger partial charge in [-0.1, -0.05) is 19.1 Å². The zero-order valence-electron chi connectivity index (χ0n) is 6.96. The first-order chi connectivity index (χ1) is 5.77. The van der Waals surface area contributed by atoms with Crippen LogP contribution in [-0.4, -0.2) is 6.29 Å². The van der Waals surface area contributed by atoms with Crippen LogP contribution in [0.1, 0.15) is 24.8 Å². The molecule has 0 saturated carbocycles. The molecule has 0 N–H and O–H groups in total. The molecule has 0 saturated heterocycles. The van der Waals surface area contributed by atoms with Crippen molar-refractivity contribution in [1.82, 2.24) is 0 Å². The Morgan fingerprint density at radius 1 is 1.58 bits per heavy atom. The van der Waals surface area contributed by atoms with Gasteiger partial charge in [0.25, 0.3) is 0 Å². The molecular weight excluding hydrogens is 155 g/mol. The van der Waals surface area contributed by atoms with Crippen LogP contribution in [0.4, 0.5) is 4.39 Å². The number of aldehydes is 1. The highest BCUT2D eigenvalue weighted by atomic mass is 19.1. The number of hydrogen-bond acceptors (Lipinski definition) is 1. The van der Waals surface area contributed by atoms with Crippen molar-refractivity contribution in [3.63, 3.8) is 0 Å². The molecule has 0 bridgehead atoms. The summed E-state index contributed by atoms with van der Waals surface area (Å²) in [5.74, 6) is -0.450. The summed E-state index contributed by atoms with van der Waals surface area (Å²) in [6.45, 7) is 1.91. The fourth-order valence-corrected chi connectivity index (χ4v) is 1.15. The zero-order chi connectivity index (χ0) is 8.97. The molecule has 1 aromatic rings. The van der Waals surface area contributed by atoms with Gasteiger partial charge in [0.2, 0.25) is 0 Å². The summed E-state index contributed by atoms with van der Waals surface area (Å²) >= 11 is 0. The highest BCUT2D eigenvalue weighted by Crippen LogP contribution is 2.17. The number of rotatable bonds is 3. The van der Waals surface area contributed by atoms with Crippen LogP contribution in [0.25, 0.3) is 0 Å². The van der Waals surface area contributed by atoms with Gasteiger partial charge in [-0.25, -0.2) is 4.39 Å². The van der Waals surface area contributed by atoms with Gasteiger partial charge in [0.05, 0.1) is 0 Å². The minimum absolute atomic E-state index is 0.166. The number of halogens is 1. The molecule has 0 aliphatic rings. The van der Waals surface area contributed by atoms with Crippen LogP contribution < -0.4 is 0 Å². The molecule has 12 heavy (non-hydrogen) atoms. The molecule has 64 valence electrons. The number of benzene rings is 1. The molecular formula is C10H11FO. The maximum atomic E-state index is 12.7. The number of carbonyl (C=O) groups is 1. The lowest BCUT2D eigenvalue weighted by atomic mass is 9.98. The monoisotopic (exact) mass is 166 g/mol. The zero-order valence-corrected chi connectivity index (χ0v) is 6.96. The molecule has 1 rings (SSSR count). The molecule has 0 spiro atoms. The van der Waals surface area contributed by atoms with Crippen molar-refractivity contribution in [2.45, 2.75) is 19.3 Å². The molecule has 1 atom stereocenters. The molecule has 1 nitrogen and oxygen atoms in total. The summed E-state index contributed by atoms with van der Waals surface area (Å²) in [6.07, 6.45) is 1.57. The Bertz CT molecular complexity index is 270. The maximum absolute atomic E-state index is 12.7. The molecule has 1 aromatic carbocycles. The van der Waals surface area contributed by atoms with Gasteiger partial charge < -0.3 is 4.79 Å². The Balaban J connectivity index is 2.93. The quantitative estimate of drug-likeness (QED) is 0.630. The van der Waals surface area contributed by atoms with Crippen LogP contribution >= 0.6 is 0 Å². The van der Waals surface area contributed by atoms with Gasteiger partial charge in [-0.15, -0.1) is 0 Å². The van der Waals surface area contributed by atoms with Crippen LogP contribution in [0.3, 0.4) is 0 Å². The molecule has 2 heteroatoms. The Hall–Kier alpha value is -1.18. The Labute approximate surface area is 71.2 Å². The van der Waals surface area contributed by atoms with Gasteiger partial charge in [-0.2, -0.15) is 0 Å². The van der Waals surface area contributed by atoms with E-state index in [1.165, 1.54) is 12.1 Å². The van der Waals surface area contributed by atoms with Crippen LogP contribution in [0.5, 0.6) is 0 Å². The standard InChI is InChI=1S/C10H11FO/c1-2-8(7-12)9-4-3-5-10(11)6-9/h3-8H,2H2,1H3. The van der Waals surface area contributed by atoms with Gasteiger partial charge in [0.15, 0.2) is 0 Å². The van der Waals surface area contributed by atoms with Crippen LogP contribution in [0.15, 0.2) is 24.3 Å². The topological polar surface area (TPSA) is 17.1 Å². The Morgan fingerprint density at radius 3 is 2.83 bits per heavy atom. The first kappa shape index (κ1) is 8.91. The van der Waals surface area contributed by atoms with Crippen molar-refractivity contribution in [2.24, 2.45) is 0 Å². The summed E-state index contributed by atoms with van der Waals surface area (Å²) in [5.41, 5.74) is 0.757. The summed E-state index contributed by atoms with van der Waals surface area (Å²) in [7, 11) is 0. The van der Waals surface area contributed by atoms with E-state index in [0.29, 0.717) is 6.42 Å². The van der Waals surface area contributed by atoms with Crippen LogP contribution in [-0.2, 0) is 4.79 Å². The summed E-state index contributed by atoms with van der Waals surface area (Å²) < 4.78 is 12.7. The third kappa shape index (κ3) is 1.91. The predicted molar refractivity (Wildman–Crippen MR) is 45.5 cm³/mol. The highest BCUT2D eigenvalue weighted by Gasteiger charge is 2.07. The third-order valence-corrected chi connectivity index (χ3v) is 1.88. The van der Waals surface area contributed by atoms with Gasteiger partial charge in [0, 0.05) is 5.92 Å². The van der Waals surface area contributed by atoms with Gasteiger partial charge in [-0.3, -0.25) is 0 Å². The summed E-state index contributed by atoms with van der Waals surface area (Å²) in [5, 5.41) is 0. The molecule has 0 aliphatic carbocycles. The lowest BCUT2D eigenvalue weighted by molar-refractivity contribution is -0.109. The largest absolute Gasteiger partial charge is 0.303 e. The van der Waals surface area contributed by atoms with Gasteiger partial charge in [0.1, 0.15) is 12.1 Å². The van der Waals surface area contributed by atoms with Crippen molar-refractivity contribution in [1.29, 1.82) is 0 Å². The smallest absolute Gasteiger partial charge is 0.127 e.